The van der Waals surface area contributed by atoms with E-state index in [1.807, 2.05) is 0 Å². The number of carbonyl (C=O) groups excluding carboxylic acids is 5. The number of pyridine rings is 1. The molecule has 4 aliphatic rings. The lowest BCUT2D eigenvalue weighted by molar-refractivity contribution is -0.139. The molecule has 6 atom stereocenters. The standard InChI is InChI=1S/C45H30Cl2F4N4O6/c46-27-11-9-25(10-12-27)44-32(41(59)55(43(44)61)53-39-33(47)19-26(21-52-39)45(49,50)51)20-31-29(37(44)24-8-17-35(56)34(48)18-24)15-16-30-36(31)42(60)54(40(30)58)28-13-6-23(7-14-28)38(57)22-4-2-1-3-5-22/h1-15,17-19,21,30-32,36-37,56H,16,20H2,(H,52,53). The van der Waals surface area contributed by atoms with Gasteiger partial charge in [-0.15, -0.1) is 0 Å². The number of amides is 4. The van der Waals surface area contributed by atoms with Gasteiger partial charge in [-0.1, -0.05) is 83.4 Å². The van der Waals surface area contributed by atoms with Crippen LogP contribution in [-0.2, 0) is 30.8 Å². The Morgan fingerprint density at radius 1 is 0.836 bits per heavy atom. The highest BCUT2D eigenvalue weighted by molar-refractivity contribution is 6.33. The molecule has 1 saturated carbocycles. The number of halogens is 6. The first-order chi connectivity index (χ1) is 29.1. The number of hydrogen-bond acceptors (Lipinski definition) is 8. The highest BCUT2D eigenvalue weighted by Gasteiger charge is 2.70. The summed E-state index contributed by atoms with van der Waals surface area (Å²) in [6.07, 6.45) is -2.69. The van der Waals surface area contributed by atoms with Crippen molar-refractivity contribution < 1.29 is 46.6 Å². The first kappa shape index (κ1) is 40.0. The van der Waals surface area contributed by atoms with Gasteiger partial charge in [0.05, 0.1) is 39.4 Å². The Morgan fingerprint density at radius 2 is 1.52 bits per heavy atom. The molecule has 10 nitrogen and oxygen atoms in total. The maximum atomic E-state index is 15.4. The van der Waals surface area contributed by atoms with Gasteiger partial charge in [-0.25, -0.2) is 9.37 Å². The Balaban J connectivity index is 1.15. The van der Waals surface area contributed by atoms with Crippen LogP contribution in [0.5, 0.6) is 5.75 Å². The molecular weight excluding hydrogens is 839 g/mol. The second-order valence-corrected chi connectivity index (χ2v) is 16.2. The fourth-order valence-corrected chi connectivity index (χ4v) is 9.97. The predicted molar refractivity (Wildman–Crippen MR) is 214 cm³/mol. The number of rotatable bonds is 7. The van der Waals surface area contributed by atoms with E-state index in [9.17, 15) is 37.5 Å². The van der Waals surface area contributed by atoms with Crippen LogP contribution in [0.3, 0.4) is 0 Å². The Bertz CT molecular complexity index is 2710. The number of ketones is 1. The lowest BCUT2D eigenvalue weighted by Gasteiger charge is -2.50. The number of nitrogens with zero attached hydrogens (tertiary/aromatic N) is 3. The molecule has 0 spiro atoms. The van der Waals surface area contributed by atoms with E-state index in [0.29, 0.717) is 34.0 Å². The van der Waals surface area contributed by atoms with Crippen LogP contribution in [0.25, 0.3) is 0 Å². The van der Waals surface area contributed by atoms with Crippen LogP contribution < -0.4 is 10.3 Å². The van der Waals surface area contributed by atoms with Gasteiger partial charge in [-0.05, 0) is 84.5 Å². The van der Waals surface area contributed by atoms with Crippen LogP contribution in [0.1, 0.15) is 51.4 Å². The molecule has 2 N–H and O–H groups in total. The first-order valence-electron chi connectivity index (χ1n) is 19.0. The van der Waals surface area contributed by atoms with Gasteiger partial charge in [-0.2, -0.15) is 18.2 Å². The van der Waals surface area contributed by atoms with Crippen molar-refractivity contribution in [3.8, 4) is 5.75 Å². The zero-order chi connectivity index (χ0) is 43.1. The van der Waals surface area contributed by atoms with Crippen LogP contribution >= 0.6 is 23.2 Å². The van der Waals surface area contributed by atoms with Crippen LogP contribution in [0, 0.1) is 29.5 Å². The quantitative estimate of drug-likeness (QED) is 0.0718. The molecule has 6 unspecified atom stereocenters. The number of phenolic OH excluding ortho intramolecular Hbond substituents is 1. The summed E-state index contributed by atoms with van der Waals surface area (Å²) in [5.41, 5.74) is 1.39. The molecule has 4 aromatic carbocycles. The summed E-state index contributed by atoms with van der Waals surface area (Å²) >= 11 is 12.5. The molecule has 2 aliphatic heterocycles. The Kier molecular flexibility index (Phi) is 9.63. The van der Waals surface area contributed by atoms with Crippen LogP contribution in [0.4, 0.5) is 29.1 Å². The molecular formula is C45H30Cl2F4N4O6. The van der Waals surface area contributed by atoms with E-state index in [2.05, 4.69) is 10.4 Å². The van der Waals surface area contributed by atoms with E-state index in [4.69, 9.17) is 23.2 Å². The number of alkyl halides is 3. The monoisotopic (exact) mass is 868 g/mol. The number of allylic oxidation sites excluding steroid dienone is 2. The van der Waals surface area contributed by atoms with E-state index in [1.165, 1.54) is 42.5 Å². The summed E-state index contributed by atoms with van der Waals surface area (Å²) in [7, 11) is 0. The molecule has 4 amide bonds. The van der Waals surface area contributed by atoms with Gasteiger partial charge in [0.15, 0.2) is 23.2 Å². The van der Waals surface area contributed by atoms with Gasteiger partial charge < -0.3 is 5.11 Å². The van der Waals surface area contributed by atoms with Gasteiger partial charge in [0.1, 0.15) is 0 Å². The summed E-state index contributed by atoms with van der Waals surface area (Å²) in [6.45, 7) is 0. The molecule has 0 radical (unpaired) electrons. The average Bonchev–Trinajstić information content (AvgIpc) is 3.63. The zero-order valence-electron chi connectivity index (χ0n) is 31.4. The van der Waals surface area contributed by atoms with Crippen molar-refractivity contribution in [2.45, 2.75) is 30.4 Å². The number of imide groups is 2. The number of phenols is 1. The number of hydrazine groups is 1. The molecule has 61 heavy (non-hydrogen) atoms. The predicted octanol–water partition coefficient (Wildman–Crippen LogP) is 8.67. The molecule has 3 fully saturated rings. The maximum Gasteiger partial charge on any atom is 0.417 e. The minimum Gasteiger partial charge on any atom is -0.505 e. The largest absolute Gasteiger partial charge is 0.505 e. The molecule has 3 heterocycles. The number of fused-ring (bicyclic) bond motifs is 4. The van der Waals surface area contributed by atoms with E-state index in [1.54, 1.807) is 48.5 Å². The van der Waals surface area contributed by atoms with Gasteiger partial charge in [0.2, 0.25) is 11.8 Å². The first-order valence-corrected chi connectivity index (χ1v) is 19.8. The lowest BCUT2D eigenvalue weighted by Crippen LogP contribution is -2.53. The lowest BCUT2D eigenvalue weighted by atomic mass is 9.49. The van der Waals surface area contributed by atoms with Crippen LogP contribution in [0.2, 0.25) is 10.0 Å². The number of aromatic hydroxyl groups is 1. The third kappa shape index (κ3) is 6.30. The van der Waals surface area contributed by atoms with Crippen molar-refractivity contribution in [3.63, 3.8) is 0 Å². The topological polar surface area (TPSA) is 137 Å². The highest BCUT2D eigenvalue weighted by atomic mass is 35.5. The molecule has 0 bridgehead atoms. The molecule has 308 valence electrons. The van der Waals surface area contributed by atoms with Gasteiger partial charge in [0.25, 0.3) is 11.8 Å². The average molecular weight is 870 g/mol. The summed E-state index contributed by atoms with van der Waals surface area (Å²) in [5.74, 6) is -10.5. The molecule has 2 aliphatic carbocycles. The molecule has 5 aromatic rings. The van der Waals surface area contributed by atoms with E-state index in [-0.39, 0.29) is 40.5 Å². The summed E-state index contributed by atoms with van der Waals surface area (Å²) in [4.78, 5) is 77.0. The van der Waals surface area contributed by atoms with Crippen molar-refractivity contribution in [1.29, 1.82) is 0 Å². The summed E-state index contributed by atoms with van der Waals surface area (Å²) < 4.78 is 56.0. The number of hydrogen-bond donors (Lipinski definition) is 2. The number of benzene rings is 4. The van der Waals surface area contributed by atoms with Gasteiger partial charge >= 0.3 is 6.18 Å². The molecule has 2 saturated heterocycles. The Labute approximate surface area is 354 Å². The Morgan fingerprint density at radius 3 is 2.18 bits per heavy atom. The zero-order valence-corrected chi connectivity index (χ0v) is 32.9. The van der Waals surface area contributed by atoms with Crippen molar-refractivity contribution in [2.75, 3.05) is 10.3 Å². The SMILES string of the molecule is O=C(c1ccccc1)c1ccc(N2C(=O)C3CC=C4C(CC5C(=O)N(Nc6ncc(C(F)(F)F)cc6Cl)C(=O)C5(c5ccc(Cl)cc5)C4c4ccc(O)c(F)c4)C3C2=O)cc1. The summed E-state index contributed by atoms with van der Waals surface area (Å²) in [6, 6.07) is 24.9. The number of aromatic nitrogens is 1. The van der Waals surface area contributed by atoms with E-state index in [0.717, 1.165) is 17.0 Å². The normalized spacial score (nSPS) is 24.6. The van der Waals surface area contributed by atoms with Crippen molar-refractivity contribution >= 4 is 64.1 Å². The third-order valence-corrected chi connectivity index (χ3v) is 12.8. The fourth-order valence-electron chi connectivity index (χ4n) is 9.63. The fraction of sp³-hybridized carbons (Fsp3) is 0.200. The number of carbonyl (C=O) groups is 5. The number of nitrogens with one attached hydrogen (secondary N) is 1. The van der Waals surface area contributed by atoms with Crippen LogP contribution in [-0.4, -0.2) is 44.5 Å². The van der Waals surface area contributed by atoms with Gasteiger partial charge in [0, 0.05) is 28.3 Å². The van der Waals surface area contributed by atoms with Gasteiger partial charge in [-0.3, -0.25) is 34.3 Å². The minimum absolute atomic E-state index is 0.0375. The number of anilines is 2. The van der Waals surface area contributed by atoms with Crippen molar-refractivity contribution in [2.24, 2.45) is 23.7 Å². The highest BCUT2D eigenvalue weighted by Crippen LogP contribution is 2.64. The van der Waals surface area contributed by atoms with E-state index >= 15 is 9.18 Å². The molecule has 16 heteroatoms. The summed E-state index contributed by atoms with van der Waals surface area (Å²) in [5, 5.41) is 10.6. The smallest absolute Gasteiger partial charge is 0.417 e. The molecule has 1 aromatic heterocycles. The second-order valence-electron chi connectivity index (χ2n) is 15.4. The maximum absolute atomic E-state index is 15.4. The minimum atomic E-state index is -4.80. The Hall–Kier alpha value is -6.38. The van der Waals surface area contributed by atoms with Crippen LogP contribution in [0.15, 0.2) is 121 Å². The van der Waals surface area contributed by atoms with Crippen molar-refractivity contribution in [3.05, 3.63) is 165 Å². The second kappa shape index (κ2) is 14.7. The van der Waals surface area contributed by atoms with E-state index < -0.39 is 92.8 Å². The third-order valence-electron chi connectivity index (χ3n) is 12.3. The van der Waals surface area contributed by atoms with Crippen molar-refractivity contribution in [1.82, 2.24) is 9.99 Å². The molecule has 9 rings (SSSR count).